The molecule has 6 nitrogen and oxygen atoms in total. The molecule has 0 bridgehead atoms. The molecular formula is C13H11BrN2O4S. The van der Waals surface area contributed by atoms with Crippen molar-refractivity contribution in [3.63, 3.8) is 0 Å². The Kier molecular flexibility index (Phi) is 3.73. The normalized spacial score (nSPS) is 14.0. The van der Waals surface area contributed by atoms with E-state index in [0.717, 1.165) is 8.66 Å². The van der Waals surface area contributed by atoms with E-state index < -0.39 is 4.92 Å². The van der Waals surface area contributed by atoms with Gasteiger partial charge in [-0.3, -0.25) is 10.1 Å². The Morgan fingerprint density at radius 2 is 2.10 bits per heavy atom. The highest BCUT2D eigenvalue weighted by Gasteiger charge is 2.24. The van der Waals surface area contributed by atoms with E-state index in [1.54, 1.807) is 17.4 Å². The lowest BCUT2D eigenvalue weighted by Crippen LogP contribution is -2.07. The summed E-state index contributed by atoms with van der Waals surface area (Å²) in [5, 5.41) is 14.4. The van der Waals surface area contributed by atoms with Crippen molar-refractivity contribution in [2.24, 2.45) is 0 Å². The van der Waals surface area contributed by atoms with Crippen LogP contribution in [0.15, 0.2) is 28.1 Å². The maximum absolute atomic E-state index is 11.2. The molecule has 2 aromatic rings. The first kappa shape index (κ1) is 14.2. The molecule has 1 aliphatic rings. The van der Waals surface area contributed by atoms with Crippen LogP contribution in [0.4, 0.5) is 11.4 Å². The second kappa shape index (κ2) is 5.53. The monoisotopic (exact) mass is 370 g/mol. The number of ether oxygens (including phenoxy) is 2. The van der Waals surface area contributed by atoms with Crippen molar-refractivity contribution in [2.75, 3.05) is 12.1 Å². The minimum atomic E-state index is -0.429. The van der Waals surface area contributed by atoms with Gasteiger partial charge in [0, 0.05) is 10.9 Å². The third-order valence-corrected chi connectivity index (χ3v) is 4.89. The van der Waals surface area contributed by atoms with Gasteiger partial charge in [-0.2, -0.15) is 0 Å². The summed E-state index contributed by atoms with van der Waals surface area (Å²) in [6.45, 7) is 2.04. The Bertz CT molecular complexity index is 703. The number of benzene rings is 1. The van der Waals surface area contributed by atoms with E-state index in [9.17, 15) is 10.1 Å². The van der Waals surface area contributed by atoms with Gasteiger partial charge in [0.25, 0.3) is 5.69 Å². The Labute approximate surface area is 133 Å². The van der Waals surface area contributed by atoms with Gasteiger partial charge in [-0.05, 0) is 35.0 Å². The van der Waals surface area contributed by atoms with Crippen molar-refractivity contribution >= 4 is 38.6 Å². The van der Waals surface area contributed by atoms with Gasteiger partial charge in [-0.15, -0.1) is 11.3 Å². The van der Waals surface area contributed by atoms with Gasteiger partial charge in [0.2, 0.25) is 6.79 Å². The lowest BCUT2D eigenvalue weighted by molar-refractivity contribution is -0.384. The van der Waals surface area contributed by atoms with Crippen LogP contribution in [0, 0.1) is 10.1 Å². The third-order valence-electron chi connectivity index (χ3n) is 3.08. The first-order valence-corrected chi connectivity index (χ1v) is 7.75. The molecule has 2 heterocycles. The number of hydrogen-bond donors (Lipinski definition) is 1. The fourth-order valence-corrected chi connectivity index (χ4v) is 3.49. The van der Waals surface area contributed by atoms with Gasteiger partial charge in [0.05, 0.1) is 20.8 Å². The van der Waals surface area contributed by atoms with Crippen LogP contribution < -0.4 is 14.8 Å². The molecule has 1 aromatic carbocycles. The summed E-state index contributed by atoms with van der Waals surface area (Å²) in [6, 6.07) is 6.87. The van der Waals surface area contributed by atoms with Crippen molar-refractivity contribution in [2.45, 2.75) is 13.0 Å². The van der Waals surface area contributed by atoms with Crippen molar-refractivity contribution in [3.05, 3.63) is 43.0 Å². The molecule has 0 aliphatic carbocycles. The van der Waals surface area contributed by atoms with Crippen molar-refractivity contribution < 1.29 is 14.4 Å². The molecule has 8 heteroatoms. The van der Waals surface area contributed by atoms with Gasteiger partial charge < -0.3 is 14.8 Å². The van der Waals surface area contributed by atoms with E-state index in [0.29, 0.717) is 17.2 Å². The maximum Gasteiger partial charge on any atom is 0.296 e. The second-order valence-electron chi connectivity index (χ2n) is 4.49. The van der Waals surface area contributed by atoms with Crippen LogP contribution in [0.3, 0.4) is 0 Å². The highest BCUT2D eigenvalue weighted by atomic mass is 79.9. The summed E-state index contributed by atoms with van der Waals surface area (Å²) in [7, 11) is 0. The molecular weight excluding hydrogens is 360 g/mol. The molecule has 1 aliphatic heterocycles. The van der Waals surface area contributed by atoms with Crippen LogP contribution >= 0.6 is 27.3 Å². The molecule has 0 saturated heterocycles. The number of nitrogens with one attached hydrogen (secondary N) is 1. The van der Waals surface area contributed by atoms with Crippen LogP contribution in [0.2, 0.25) is 0 Å². The standard InChI is InChI=1S/C13H11BrN2O4S/c1-7(12-2-3-13(14)21-12)15-8-4-10-11(20-6-19-10)5-9(8)16(17)18/h2-5,7,15H,6H2,1H3. The van der Waals surface area contributed by atoms with Gasteiger partial charge in [0.1, 0.15) is 5.69 Å². The number of nitrogens with zero attached hydrogens (tertiary/aromatic N) is 1. The van der Waals surface area contributed by atoms with E-state index in [4.69, 9.17) is 9.47 Å². The summed E-state index contributed by atoms with van der Waals surface area (Å²) in [4.78, 5) is 11.9. The minimum Gasteiger partial charge on any atom is -0.454 e. The molecule has 1 N–H and O–H groups in total. The summed E-state index contributed by atoms with van der Waals surface area (Å²) in [5.41, 5.74) is 0.392. The van der Waals surface area contributed by atoms with Gasteiger partial charge in [-0.1, -0.05) is 0 Å². The summed E-state index contributed by atoms with van der Waals surface area (Å²) in [5.74, 6) is 0.918. The number of thiophene rings is 1. The Morgan fingerprint density at radius 3 is 2.71 bits per heavy atom. The summed E-state index contributed by atoms with van der Waals surface area (Å²) >= 11 is 4.99. The Balaban J connectivity index is 1.92. The lowest BCUT2D eigenvalue weighted by atomic mass is 10.2. The predicted molar refractivity (Wildman–Crippen MR) is 83.3 cm³/mol. The molecule has 0 fully saturated rings. The molecule has 110 valence electrons. The third kappa shape index (κ3) is 2.81. The topological polar surface area (TPSA) is 73.6 Å². The van der Waals surface area contributed by atoms with Crippen LogP contribution in [-0.2, 0) is 0 Å². The maximum atomic E-state index is 11.2. The number of fused-ring (bicyclic) bond motifs is 1. The fraction of sp³-hybridized carbons (Fsp3) is 0.231. The number of anilines is 1. The van der Waals surface area contributed by atoms with Crippen molar-refractivity contribution in [1.29, 1.82) is 0 Å². The summed E-state index contributed by atoms with van der Waals surface area (Å²) < 4.78 is 11.5. The summed E-state index contributed by atoms with van der Waals surface area (Å²) in [6.07, 6.45) is 0. The van der Waals surface area contributed by atoms with E-state index >= 15 is 0 Å². The molecule has 0 radical (unpaired) electrons. The van der Waals surface area contributed by atoms with Crippen LogP contribution in [0.1, 0.15) is 17.8 Å². The lowest BCUT2D eigenvalue weighted by Gasteiger charge is -2.14. The number of hydrogen-bond acceptors (Lipinski definition) is 6. The van der Waals surface area contributed by atoms with E-state index in [1.165, 1.54) is 6.07 Å². The van der Waals surface area contributed by atoms with Crippen LogP contribution in [0.25, 0.3) is 0 Å². The average Bonchev–Trinajstić information content (AvgIpc) is 3.05. The highest BCUT2D eigenvalue weighted by molar-refractivity contribution is 9.11. The minimum absolute atomic E-state index is 0.0262. The van der Waals surface area contributed by atoms with Crippen LogP contribution in [-0.4, -0.2) is 11.7 Å². The fourth-order valence-electron chi connectivity index (χ4n) is 2.06. The van der Waals surface area contributed by atoms with Gasteiger partial charge >= 0.3 is 0 Å². The van der Waals surface area contributed by atoms with E-state index in [2.05, 4.69) is 21.2 Å². The van der Waals surface area contributed by atoms with E-state index in [-0.39, 0.29) is 18.5 Å². The number of rotatable bonds is 4. The zero-order valence-electron chi connectivity index (χ0n) is 11.0. The largest absolute Gasteiger partial charge is 0.454 e. The number of nitro benzene ring substituents is 1. The average molecular weight is 371 g/mol. The quantitative estimate of drug-likeness (QED) is 0.640. The zero-order chi connectivity index (χ0) is 15.0. The van der Waals surface area contributed by atoms with Crippen LogP contribution in [0.5, 0.6) is 11.5 Å². The highest BCUT2D eigenvalue weighted by Crippen LogP contribution is 2.42. The Hall–Kier alpha value is -1.80. The first-order valence-electron chi connectivity index (χ1n) is 6.14. The van der Waals surface area contributed by atoms with Gasteiger partial charge in [-0.25, -0.2) is 0 Å². The number of halogens is 1. The smallest absolute Gasteiger partial charge is 0.296 e. The number of nitro groups is 1. The molecule has 21 heavy (non-hydrogen) atoms. The first-order chi connectivity index (χ1) is 10.0. The molecule has 1 aromatic heterocycles. The molecule has 0 spiro atoms. The molecule has 1 unspecified atom stereocenters. The molecule has 0 saturated carbocycles. The zero-order valence-corrected chi connectivity index (χ0v) is 13.4. The van der Waals surface area contributed by atoms with Gasteiger partial charge in [0.15, 0.2) is 11.5 Å². The molecule has 0 amide bonds. The Morgan fingerprint density at radius 1 is 1.38 bits per heavy atom. The van der Waals surface area contributed by atoms with E-state index in [1.807, 2.05) is 19.1 Å². The SMILES string of the molecule is CC(Nc1cc2c(cc1[N+](=O)[O-])OCO2)c1ccc(Br)s1. The second-order valence-corrected chi connectivity index (χ2v) is 6.98. The predicted octanol–water partition coefficient (Wildman–Crippen LogP) is 4.32. The molecule has 3 rings (SSSR count). The van der Waals surface area contributed by atoms with Crippen molar-refractivity contribution in [3.8, 4) is 11.5 Å². The molecule has 1 atom stereocenters. The van der Waals surface area contributed by atoms with Crippen molar-refractivity contribution in [1.82, 2.24) is 0 Å².